The van der Waals surface area contributed by atoms with Crippen LogP contribution in [0.5, 0.6) is 0 Å². The molecule has 0 aliphatic rings. The van der Waals surface area contributed by atoms with Crippen LogP contribution < -0.4 is 0 Å². The lowest BCUT2D eigenvalue weighted by atomic mass is 10.1. The van der Waals surface area contributed by atoms with Gasteiger partial charge < -0.3 is 20.4 Å². The molecule has 0 bridgehead atoms. The molecule has 0 aliphatic carbocycles. The molecule has 1 aromatic carbocycles. The summed E-state index contributed by atoms with van der Waals surface area (Å²) in [5.41, 5.74) is 2.40. The van der Waals surface area contributed by atoms with Gasteiger partial charge in [-0.2, -0.15) is 23.5 Å². The predicted octanol–water partition coefficient (Wildman–Crippen LogP) is 0.859. The summed E-state index contributed by atoms with van der Waals surface area (Å²) in [4.78, 5) is 0. The first kappa shape index (κ1) is 17.8. The van der Waals surface area contributed by atoms with Crippen LogP contribution in [0.25, 0.3) is 0 Å². The molecule has 1 aromatic rings. The maximum Gasteiger partial charge on any atom is 0.0861 e. The summed E-state index contributed by atoms with van der Waals surface area (Å²) in [6.07, 6.45) is -1.33. The lowest BCUT2D eigenvalue weighted by Crippen LogP contribution is -2.15. The quantitative estimate of drug-likeness (QED) is 0.512. The van der Waals surface area contributed by atoms with Crippen molar-refractivity contribution < 1.29 is 20.4 Å². The van der Waals surface area contributed by atoms with E-state index in [0.29, 0.717) is 11.5 Å². The van der Waals surface area contributed by atoms with Crippen molar-refractivity contribution in [3.8, 4) is 0 Å². The normalized spacial score (nSPS) is 14.2. The van der Waals surface area contributed by atoms with Crippen molar-refractivity contribution in [3.63, 3.8) is 0 Å². The Labute approximate surface area is 128 Å². The fourth-order valence-corrected chi connectivity index (χ4v) is 3.55. The molecule has 20 heavy (non-hydrogen) atoms. The lowest BCUT2D eigenvalue weighted by Gasteiger charge is -2.11. The van der Waals surface area contributed by atoms with Gasteiger partial charge in [0.2, 0.25) is 0 Å². The minimum Gasteiger partial charge on any atom is -0.394 e. The van der Waals surface area contributed by atoms with Gasteiger partial charge in [-0.1, -0.05) is 24.3 Å². The highest BCUT2D eigenvalue weighted by Gasteiger charge is 2.07. The van der Waals surface area contributed by atoms with Crippen molar-refractivity contribution in [1.82, 2.24) is 0 Å². The minimum atomic E-state index is -0.666. The van der Waals surface area contributed by atoms with Gasteiger partial charge in [0.1, 0.15) is 0 Å². The monoisotopic (exact) mass is 318 g/mol. The van der Waals surface area contributed by atoms with Crippen LogP contribution in [0.2, 0.25) is 0 Å². The van der Waals surface area contributed by atoms with Crippen LogP contribution in [-0.2, 0) is 11.5 Å². The van der Waals surface area contributed by atoms with Crippen LogP contribution in [-0.4, -0.2) is 57.4 Å². The first-order valence-corrected chi connectivity index (χ1v) is 8.78. The third kappa shape index (κ3) is 6.97. The fourth-order valence-electron chi connectivity index (χ4n) is 1.55. The Hall–Kier alpha value is -0.240. The molecule has 4 N–H and O–H groups in total. The van der Waals surface area contributed by atoms with Crippen molar-refractivity contribution in [3.05, 3.63) is 35.4 Å². The molecule has 0 aliphatic heterocycles. The molecule has 0 fully saturated rings. The van der Waals surface area contributed by atoms with E-state index in [9.17, 15) is 10.2 Å². The van der Waals surface area contributed by atoms with Crippen LogP contribution in [0.1, 0.15) is 11.1 Å². The summed E-state index contributed by atoms with van der Waals surface area (Å²) in [5, 5.41) is 36.2. The highest BCUT2D eigenvalue weighted by Crippen LogP contribution is 2.21. The number of hydrogen-bond donors (Lipinski definition) is 4. The zero-order chi connectivity index (χ0) is 14.8. The molecule has 0 spiro atoms. The molecule has 0 saturated carbocycles. The van der Waals surface area contributed by atoms with Gasteiger partial charge in [-0.3, -0.25) is 0 Å². The minimum absolute atomic E-state index is 0.205. The van der Waals surface area contributed by atoms with Gasteiger partial charge >= 0.3 is 0 Å². The number of aliphatic hydroxyl groups is 4. The summed E-state index contributed by atoms with van der Waals surface area (Å²) in [5.74, 6) is 2.61. The largest absolute Gasteiger partial charge is 0.394 e. The van der Waals surface area contributed by atoms with E-state index >= 15 is 0 Å². The molecule has 0 amide bonds. The molecule has 114 valence electrons. The van der Waals surface area contributed by atoms with E-state index in [1.54, 1.807) is 23.5 Å². The number of aliphatic hydroxyl groups excluding tert-OH is 4. The van der Waals surface area contributed by atoms with Crippen LogP contribution >= 0.6 is 23.5 Å². The molecule has 0 saturated heterocycles. The van der Waals surface area contributed by atoms with E-state index in [2.05, 4.69) is 12.1 Å². The van der Waals surface area contributed by atoms with Gasteiger partial charge in [0.25, 0.3) is 0 Å². The molecule has 1 rings (SSSR count). The molecule has 6 heteroatoms. The first-order chi connectivity index (χ1) is 9.67. The molecular formula is C14H22O4S2. The van der Waals surface area contributed by atoms with Crippen molar-refractivity contribution in [1.29, 1.82) is 0 Å². The van der Waals surface area contributed by atoms with E-state index in [-0.39, 0.29) is 13.2 Å². The molecule has 2 unspecified atom stereocenters. The standard InChI is InChI=1S/C14H22O4S2/c15-5-13(17)9-19-7-11-3-1-2-4-12(11)8-20-10-14(18)6-16/h1-4,13-18H,5-10H2. The van der Waals surface area contributed by atoms with Crippen LogP contribution in [0, 0.1) is 0 Å². The second-order valence-corrected chi connectivity index (χ2v) is 6.53. The SMILES string of the molecule is OCC(O)CSCc1ccccc1CSCC(O)CO. The molecule has 0 aromatic heterocycles. The number of thioether (sulfide) groups is 2. The average Bonchev–Trinajstić information content (AvgIpc) is 2.48. The zero-order valence-corrected chi connectivity index (χ0v) is 12.9. The van der Waals surface area contributed by atoms with Gasteiger partial charge in [-0.05, 0) is 11.1 Å². The summed E-state index contributed by atoms with van der Waals surface area (Å²) < 4.78 is 0. The van der Waals surface area contributed by atoms with Gasteiger partial charge in [-0.25, -0.2) is 0 Å². The fraction of sp³-hybridized carbons (Fsp3) is 0.571. The highest BCUT2D eigenvalue weighted by atomic mass is 32.2. The van der Waals surface area contributed by atoms with Crippen LogP contribution in [0.15, 0.2) is 24.3 Å². The van der Waals surface area contributed by atoms with E-state index in [0.717, 1.165) is 11.5 Å². The van der Waals surface area contributed by atoms with Crippen molar-refractivity contribution in [2.75, 3.05) is 24.7 Å². The number of hydrogen-bond acceptors (Lipinski definition) is 6. The highest BCUT2D eigenvalue weighted by molar-refractivity contribution is 7.98. The van der Waals surface area contributed by atoms with Gasteiger partial charge in [-0.15, -0.1) is 0 Å². The Morgan fingerprint density at radius 3 is 1.55 bits per heavy atom. The summed E-state index contributed by atoms with van der Waals surface area (Å²) in [7, 11) is 0. The van der Waals surface area contributed by atoms with E-state index in [1.165, 1.54) is 11.1 Å². The zero-order valence-electron chi connectivity index (χ0n) is 11.3. The van der Waals surface area contributed by atoms with Crippen molar-refractivity contribution in [2.24, 2.45) is 0 Å². The number of benzene rings is 1. The molecule has 0 heterocycles. The van der Waals surface area contributed by atoms with E-state index < -0.39 is 12.2 Å². The Morgan fingerprint density at radius 2 is 1.20 bits per heavy atom. The Kier molecular flexibility index (Phi) is 9.33. The topological polar surface area (TPSA) is 80.9 Å². The maximum atomic E-state index is 9.31. The number of rotatable bonds is 10. The lowest BCUT2D eigenvalue weighted by molar-refractivity contribution is 0.113. The van der Waals surface area contributed by atoms with Crippen molar-refractivity contribution >= 4 is 23.5 Å². The smallest absolute Gasteiger partial charge is 0.0861 e. The molecule has 0 radical (unpaired) electrons. The Balaban J connectivity index is 2.42. The second kappa shape index (κ2) is 10.5. The van der Waals surface area contributed by atoms with E-state index in [1.807, 2.05) is 12.1 Å². The van der Waals surface area contributed by atoms with Crippen LogP contribution in [0.3, 0.4) is 0 Å². The maximum absolute atomic E-state index is 9.31. The van der Waals surface area contributed by atoms with Crippen LogP contribution in [0.4, 0.5) is 0 Å². The molecule has 2 atom stereocenters. The third-order valence-electron chi connectivity index (χ3n) is 2.68. The van der Waals surface area contributed by atoms with Gasteiger partial charge in [0.15, 0.2) is 0 Å². The predicted molar refractivity (Wildman–Crippen MR) is 85.0 cm³/mol. The summed E-state index contributed by atoms with van der Waals surface area (Å²) in [6.45, 7) is -0.410. The average molecular weight is 318 g/mol. The second-order valence-electron chi connectivity index (χ2n) is 4.47. The van der Waals surface area contributed by atoms with Crippen molar-refractivity contribution in [2.45, 2.75) is 23.7 Å². The molecular weight excluding hydrogens is 296 g/mol. The third-order valence-corrected chi connectivity index (χ3v) is 4.95. The Morgan fingerprint density at radius 1 is 0.800 bits per heavy atom. The summed E-state index contributed by atoms with van der Waals surface area (Å²) in [6, 6.07) is 8.07. The molecule has 4 nitrogen and oxygen atoms in total. The van der Waals surface area contributed by atoms with E-state index in [4.69, 9.17) is 10.2 Å². The summed E-state index contributed by atoms with van der Waals surface area (Å²) >= 11 is 3.18. The Bertz CT molecular complexity index is 341. The van der Waals surface area contributed by atoms with Gasteiger partial charge in [0.05, 0.1) is 25.4 Å². The van der Waals surface area contributed by atoms with Gasteiger partial charge in [0, 0.05) is 23.0 Å². The first-order valence-electron chi connectivity index (χ1n) is 6.47.